The molecular formula is C46H28O. The minimum absolute atomic E-state index is 0.162. The van der Waals surface area contributed by atoms with Crippen LogP contribution >= 0.6 is 0 Å². The first-order chi connectivity index (χ1) is 26.6. The predicted octanol–water partition coefficient (Wildman–Crippen LogP) is 13.2. The molecule has 0 N–H and O–H groups in total. The highest BCUT2D eigenvalue weighted by molar-refractivity contribution is 6.27. The molecule has 0 unspecified atom stereocenters. The molecule has 0 atom stereocenters. The predicted molar refractivity (Wildman–Crippen MR) is 200 cm³/mol. The van der Waals surface area contributed by atoms with Gasteiger partial charge in [-0.1, -0.05) is 139 Å². The molecule has 10 aromatic rings. The molecule has 218 valence electrons. The van der Waals surface area contributed by atoms with Crippen molar-refractivity contribution in [2.45, 2.75) is 0 Å². The van der Waals surface area contributed by atoms with Gasteiger partial charge in [-0.05, 0) is 107 Å². The van der Waals surface area contributed by atoms with E-state index in [1.807, 2.05) is 109 Å². The van der Waals surface area contributed by atoms with Crippen molar-refractivity contribution in [3.05, 3.63) is 170 Å². The van der Waals surface area contributed by atoms with Crippen LogP contribution in [0.1, 0.15) is 11.0 Å². The van der Waals surface area contributed by atoms with E-state index in [1.165, 1.54) is 0 Å². The fourth-order valence-electron chi connectivity index (χ4n) is 7.20. The van der Waals surface area contributed by atoms with Crippen LogP contribution in [0.2, 0.25) is 0 Å². The molecule has 0 amide bonds. The molecule has 0 fully saturated rings. The first-order valence-corrected chi connectivity index (χ1v) is 15.5. The maximum atomic E-state index is 9.55. The summed E-state index contributed by atoms with van der Waals surface area (Å²) in [5.74, 6) is 0. The standard InChI is InChI=1S/C46H28O/c1-2-13-29(14-3-1)33-25-32-17-6-7-18-34(32)40(27-33)45-37-21-10-8-19-35(37)44(36-20-9-11-22-38(36)45)39-23-12-24-42-46(39)41-26-30-15-4-5-16-31(30)28-43(41)47-42/h1-28H/i8D,9D,10D,11D,19D,20D,21D,22D. The van der Waals surface area contributed by atoms with Gasteiger partial charge in [0.25, 0.3) is 0 Å². The first kappa shape index (κ1) is 19.4. The summed E-state index contributed by atoms with van der Waals surface area (Å²) in [6, 6.07) is 36.0. The van der Waals surface area contributed by atoms with E-state index >= 15 is 0 Å². The first-order valence-electron chi connectivity index (χ1n) is 19.5. The Bertz CT molecular complexity index is 3220. The lowest BCUT2D eigenvalue weighted by Gasteiger charge is -2.20. The van der Waals surface area contributed by atoms with Crippen molar-refractivity contribution < 1.29 is 15.4 Å². The number of hydrogen-bond donors (Lipinski definition) is 0. The molecule has 0 aliphatic heterocycles. The molecule has 1 heteroatoms. The van der Waals surface area contributed by atoms with Crippen LogP contribution in [-0.4, -0.2) is 0 Å². The fraction of sp³-hybridized carbons (Fsp3) is 0. The molecule has 0 bridgehead atoms. The van der Waals surface area contributed by atoms with Crippen LogP contribution < -0.4 is 0 Å². The van der Waals surface area contributed by atoms with Gasteiger partial charge in [0.2, 0.25) is 0 Å². The van der Waals surface area contributed by atoms with E-state index in [2.05, 4.69) is 6.07 Å². The lowest BCUT2D eigenvalue weighted by atomic mass is 9.83. The average molecular weight is 605 g/mol. The van der Waals surface area contributed by atoms with Crippen molar-refractivity contribution in [3.8, 4) is 33.4 Å². The highest BCUT2D eigenvalue weighted by atomic mass is 16.3. The van der Waals surface area contributed by atoms with Crippen LogP contribution in [0.4, 0.5) is 0 Å². The van der Waals surface area contributed by atoms with Gasteiger partial charge >= 0.3 is 0 Å². The number of benzene rings is 9. The zero-order valence-corrected chi connectivity index (χ0v) is 25.0. The Balaban J connectivity index is 1.49. The molecule has 0 aliphatic carbocycles. The second-order valence-corrected chi connectivity index (χ2v) is 11.8. The number of hydrogen-bond acceptors (Lipinski definition) is 1. The minimum atomic E-state index is -0.442. The summed E-state index contributed by atoms with van der Waals surface area (Å²) in [4.78, 5) is 0. The summed E-state index contributed by atoms with van der Waals surface area (Å²) < 4.78 is 80.4. The van der Waals surface area contributed by atoms with Crippen LogP contribution in [0.25, 0.3) is 98.4 Å². The molecule has 0 saturated carbocycles. The Labute approximate surface area is 283 Å². The third kappa shape index (κ3) is 3.97. The van der Waals surface area contributed by atoms with Gasteiger partial charge in [-0.15, -0.1) is 0 Å². The van der Waals surface area contributed by atoms with Crippen molar-refractivity contribution in [1.29, 1.82) is 0 Å². The molecule has 0 aliphatic rings. The van der Waals surface area contributed by atoms with E-state index in [9.17, 15) is 5.48 Å². The largest absolute Gasteiger partial charge is 0.456 e. The fourth-order valence-corrected chi connectivity index (χ4v) is 7.20. The smallest absolute Gasteiger partial charge is 0.136 e. The second kappa shape index (κ2) is 10.2. The summed E-state index contributed by atoms with van der Waals surface area (Å²) in [5, 5.41) is 5.72. The highest BCUT2D eigenvalue weighted by Crippen LogP contribution is 2.48. The van der Waals surface area contributed by atoms with Crippen molar-refractivity contribution >= 4 is 65.0 Å². The van der Waals surface area contributed by atoms with E-state index in [-0.39, 0.29) is 51.3 Å². The monoisotopic (exact) mass is 604 g/mol. The molecule has 0 spiro atoms. The van der Waals surface area contributed by atoms with E-state index in [0.717, 1.165) is 38.1 Å². The second-order valence-electron chi connectivity index (χ2n) is 11.8. The van der Waals surface area contributed by atoms with Crippen molar-refractivity contribution in [2.24, 2.45) is 0 Å². The molecule has 47 heavy (non-hydrogen) atoms. The molecular weight excluding hydrogens is 569 g/mol. The molecule has 1 nitrogen and oxygen atoms in total. The molecule has 9 aromatic carbocycles. The maximum Gasteiger partial charge on any atom is 0.136 e. The summed E-state index contributed by atoms with van der Waals surface area (Å²) in [6.07, 6.45) is 0. The number of rotatable bonds is 3. The van der Waals surface area contributed by atoms with Gasteiger partial charge in [0.15, 0.2) is 0 Å². The van der Waals surface area contributed by atoms with Gasteiger partial charge in [-0.25, -0.2) is 0 Å². The maximum absolute atomic E-state index is 9.55. The van der Waals surface area contributed by atoms with Crippen molar-refractivity contribution in [3.63, 3.8) is 0 Å². The van der Waals surface area contributed by atoms with Gasteiger partial charge in [-0.2, -0.15) is 0 Å². The average Bonchev–Trinajstić information content (AvgIpc) is 3.59. The van der Waals surface area contributed by atoms with Crippen LogP contribution in [0.3, 0.4) is 0 Å². The van der Waals surface area contributed by atoms with E-state index in [0.29, 0.717) is 33.2 Å². The van der Waals surface area contributed by atoms with E-state index < -0.39 is 24.2 Å². The SMILES string of the molecule is [2H]c1c([2H])c([2H])c2c(-c3cccc4oc5cc6ccccc6cc5c34)c3c([2H])c([2H])c([2H])c([2H])c3c(-c3cc(-c4ccccc4)cc4ccccc34)c2c1[2H]. The van der Waals surface area contributed by atoms with Crippen LogP contribution in [-0.2, 0) is 0 Å². The Morgan fingerprint density at radius 3 is 1.68 bits per heavy atom. The van der Waals surface area contributed by atoms with Gasteiger partial charge < -0.3 is 4.42 Å². The Morgan fingerprint density at radius 2 is 0.979 bits per heavy atom. The van der Waals surface area contributed by atoms with Crippen molar-refractivity contribution in [1.82, 2.24) is 0 Å². The van der Waals surface area contributed by atoms with Gasteiger partial charge in [0.1, 0.15) is 11.2 Å². The summed E-state index contributed by atoms with van der Waals surface area (Å²) >= 11 is 0. The van der Waals surface area contributed by atoms with E-state index in [4.69, 9.17) is 9.90 Å². The quantitative estimate of drug-likeness (QED) is 0.183. The summed E-state index contributed by atoms with van der Waals surface area (Å²) in [5.41, 5.74) is 4.67. The molecule has 1 heterocycles. The molecule has 0 radical (unpaired) electrons. The van der Waals surface area contributed by atoms with E-state index in [1.54, 1.807) is 6.07 Å². The zero-order chi connectivity index (χ0) is 37.9. The third-order valence-corrected chi connectivity index (χ3v) is 9.25. The molecule has 10 rings (SSSR count). The van der Waals surface area contributed by atoms with Crippen molar-refractivity contribution in [2.75, 3.05) is 0 Å². The van der Waals surface area contributed by atoms with Crippen LogP contribution in [0.5, 0.6) is 0 Å². The summed E-state index contributed by atoms with van der Waals surface area (Å²) in [7, 11) is 0. The van der Waals surface area contributed by atoms with Gasteiger partial charge in [0, 0.05) is 10.8 Å². The van der Waals surface area contributed by atoms with Gasteiger partial charge in [0.05, 0.1) is 11.0 Å². The highest BCUT2D eigenvalue weighted by Gasteiger charge is 2.21. The summed E-state index contributed by atoms with van der Waals surface area (Å²) in [6.45, 7) is 0. The Morgan fingerprint density at radius 1 is 0.383 bits per heavy atom. The Hall–Kier alpha value is -6.18. The topological polar surface area (TPSA) is 13.1 Å². The normalized spacial score (nSPS) is 14.2. The zero-order valence-electron chi connectivity index (χ0n) is 33.0. The lowest BCUT2D eigenvalue weighted by Crippen LogP contribution is -1.93. The molecule has 1 aromatic heterocycles. The van der Waals surface area contributed by atoms with Gasteiger partial charge in [-0.3, -0.25) is 0 Å². The Kier molecular flexibility index (Phi) is 4.19. The number of furan rings is 1. The minimum Gasteiger partial charge on any atom is -0.456 e. The van der Waals surface area contributed by atoms with Crippen LogP contribution in [0, 0.1) is 0 Å². The third-order valence-electron chi connectivity index (χ3n) is 9.25. The van der Waals surface area contributed by atoms with Crippen LogP contribution in [0.15, 0.2) is 174 Å². The number of fused-ring (bicyclic) bond motifs is 7. The molecule has 0 saturated heterocycles. The lowest BCUT2D eigenvalue weighted by molar-refractivity contribution is 0.669.